The predicted octanol–water partition coefficient (Wildman–Crippen LogP) is 4.01. The Bertz CT molecular complexity index is 1060. The van der Waals surface area contributed by atoms with Crippen molar-refractivity contribution in [3.8, 4) is 17.0 Å². The van der Waals surface area contributed by atoms with E-state index in [1.807, 2.05) is 0 Å². The number of pyridine rings is 1. The number of fused-ring (bicyclic) bond motifs is 1. The van der Waals surface area contributed by atoms with Crippen molar-refractivity contribution in [3.05, 3.63) is 53.3 Å². The number of imidazole rings is 1. The Morgan fingerprint density at radius 2 is 1.92 bits per heavy atom. The van der Waals surface area contributed by atoms with Gasteiger partial charge < -0.3 is 8.58 Å². The lowest BCUT2D eigenvalue weighted by Crippen LogP contribution is -2.06. The van der Waals surface area contributed by atoms with Crippen LogP contribution in [0.1, 0.15) is 5.56 Å². The van der Waals surface area contributed by atoms with Gasteiger partial charge >= 0.3 is 16.3 Å². The highest BCUT2D eigenvalue weighted by Crippen LogP contribution is 2.33. The summed E-state index contributed by atoms with van der Waals surface area (Å²) in [6.07, 6.45) is -1.38. The topological polar surface area (TPSA) is 60.7 Å². The van der Waals surface area contributed by atoms with E-state index >= 15 is 0 Å². The van der Waals surface area contributed by atoms with E-state index in [1.165, 1.54) is 22.7 Å². The average Bonchev–Trinajstić information content (AvgIpc) is 2.89. The van der Waals surface area contributed by atoms with E-state index in [1.54, 1.807) is 12.1 Å². The second kappa shape index (κ2) is 5.92. The lowest BCUT2D eigenvalue weighted by atomic mass is 10.1. The molecular weight excluding hydrogens is 381 g/mol. The highest BCUT2D eigenvalue weighted by Gasteiger charge is 2.32. The molecule has 0 aliphatic carbocycles. The summed E-state index contributed by atoms with van der Waals surface area (Å²) in [7, 11) is -3.70. The fraction of sp³-hybridized carbons (Fsp3) is 0.133. The lowest BCUT2D eigenvalue weighted by molar-refractivity contribution is -0.137. The molecule has 0 saturated carbocycles. The molecule has 10 heteroatoms. The number of rotatable bonds is 3. The molecule has 2 heterocycles. The quantitative estimate of drug-likeness (QED) is 0.634. The second-order valence-corrected chi connectivity index (χ2v) is 7.23. The molecule has 0 aliphatic rings. The molecule has 0 bridgehead atoms. The highest BCUT2D eigenvalue weighted by molar-refractivity contribution is 7.86. The molecule has 132 valence electrons. The van der Waals surface area contributed by atoms with Gasteiger partial charge in [0.1, 0.15) is 5.75 Å². The van der Waals surface area contributed by atoms with Crippen LogP contribution >= 0.6 is 11.6 Å². The fourth-order valence-electron chi connectivity index (χ4n) is 2.23. The first kappa shape index (κ1) is 17.6. The molecule has 0 atom stereocenters. The molecule has 0 amide bonds. The van der Waals surface area contributed by atoms with Crippen LogP contribution in [-0.2, 0) is 16.3 Å². The van der Waals surface area contributed by atoms with Crippen LogP contribution in [0.2, 0.25) is 5.02 Å². The number of nitrogens with zero attached hydrogens (tertiary/aromatic N) is 2. The average molecular weight is 391 g/mol. The van der Waals surface area contributed by atoms with Crippen LogP contribution < -0.4 is 4.18 Å². The Morgan fingerprint density at radius 3 is 2.56 bits per heavy atom. The van der Waals surface area contributed by atoms with Gasteiger partial charge in [0, 0.05) is 18.0 Å². The maximum Gasteiger partial charge on any atom is 0.417 e. The molecule has 2 aromatic heterocycles. The summed E-state index contributed by atoms with van der Waals surface area (Å²) >= 11 is 5.90. The van der Waals surface area contributed by atoms with Gasteiger partial charge in [-0.15, -0.1) is 0 Å². The molecule has 0 N–H and O–H groups in total. The molecule has 0 saturated heterocycles. The minimum absolute atomic E-state index is 0.0686. The van der Waals surface area contributed by atoms with Crippen LogP contribution in [0, 0.1) is 0 Å². The number of benzene rings is 1. The zero-order valence-electron chi connectivity index (χ0n) is 12.6. The van der Waals surface area contributed by atoms with E-state index in [9.17, 15) is 21.6 Å². The van der Waals surface area contributed by atoms with Crippen LogP contribution in [0.25, 0.3) is 16.9 Å². The number of hydrogen-bond donors (Lipinski definition) is 0. The minimum Gasteiger partial charge on any atom is -0.383 e. The van der Waals surface area contributed by atoms with E-state index in [0.717, 1.165) is 18.5 Å². The molecule has 0 unspecified atom stereocenters. The van der Waals surface area contributed by atoms with Gasteiger partial charge in [-0.2, -0.15) is 21.6 Å². The van der Waals surface area contributed by atoms with Gasteiger partial charge in [0.15, 0.2) is 5.65 Å². The van der Waals surface area contributed by atoms with Crippen molar-refractivity contribution in [2.75, 3.05) is 6.26 Å². The maximum atomic E-state index is 12.9. The Balaban J connectivity index is 2.08. The lowest BCUT2D eigenvalue weighted by Gasteiger charge is -2.07. The summed E-state index contributed by atoms with van der Waals surface area (Å²) in [5, 5.41) is -0.149. The Morgan fingerprint density at radius 1 is 1.20 bits per heavy atom. The van der Waals surface area contributed by atoms with Crippen LogP contribution in [0.15, 0.2) is 42.7 Å². The number of aromatic nitrogens is 2. The SMILES string of the molecule is CS(=O)(=O)Oc1cccc(-c2cn3cc(C(F)(F)F)cc(Cl)c3n2)c1. The van der Waals surface area contributed by atoms with Crippen LogP contribution in [0.5, 0.6) is 5.75 Å². The third-order valence-electron chi connectivity index (χ3n) is 3.21. The van der Waals surface area contributed by atoms with Crippen LogP contribution in [-0.4, -0.2) is 24.1 Å². The monoisotopic (exact) mass is 390 g/mol. The van der Waals surface area contributed by atoms with E-state index in [2.05, 4.69) is 4.98 Å². The zero-order valence-corrected chi connectivity index (χ0v) is 14.2. The maximum absolute atomic E-state index is 12.9. The number of hydrogen-bond acceptors (Lipinski definition) is 4. The summed E-state index contributed by atoms with van der Waals surface area (Å²) in [6, 6.07) is 6.82. The van der Waals surface area contributed by atoms with Gasteiger partial charge in [-0.1, -0.05) is 23.7 Å². The molecule has 0 spiro atoms. The molecule has 0 radical (unpaired) electrons. The first-order chi connectivity index (χ1) is 11.5. The molecule has 0 aliphatic heterocycles. The number of halogens is 4. The Labute approximate surface area is 145 Å². The predicted molar refractivity (Wildman–Crippen MR) is 86.1 cm³/mol. The van der Waals surface area contributed by atoms with Crippen LogP contribution in [0.3, 0.4) is 0 Å². The summed E-state index contributed by atoms with van der Waals surface area (Å²) in [5.74, 6) is 0.0686. The third-order valence-corrected chi connectivity index (χ3v) is 3.98. The van der Waals surface area contributed by atoms with Crippen LogP contribution in [0.4, 0.5) is 13.2 Å². The molecule has 3 rings (SSSR count). The van der Waals surface area contributed by atoms with Gasteiger partial charge in [0.05, 0.1) is 22.5 Å². The highest BCUT2D eigenvalue weighted by atomic mass is 35.5. The van der Waals surface area contributed by atoms with Gasteiger partial charge in [-0.3, -0.25) is 0 Å². The van der Waals surface area contributed by atoms with Crippen molar-refractivity contribution in [1.82, 2.24) is 9.38 Å². The van der Waals surface area contributed by atoms with Gasteiger partial charge in [-0.05, 0) is 18.2 Å². The van der Waals surface area contributed by atoms with Gasteiger partial charge in [0.25, 0.3) is 0 Å². The molecule has 1 aromatic carbocycles. The first-order valence-corrected chi connectivity index (χ1v) is 8.98. The molecule has 5 nitrogen and oxygen atoms in total. The number of alkyl halides is 3. The second-order valence-electron chi connectivity index (χ2n) is 5.25. The fourth-order valence-corrected chi connectivity index (χ4v) is 2.94. The minimum atomic E-state index is -4.54. The van der Waals surface area contributed by atoms with Gasteiger partial charge in [-0.25, -0.2) is 4.98 Å². The summed E-state index contributed by atoms with van der Waals surface area (Å²) < 4.78 is 67.0. The standard InChI is InChI=1S/C15H10ClF3N2O3S/c1-25(22,23)24-11-4-2-3-9(5-11)13-8-21-7-10(15(17,18)19)6-12(16)14(21)20-13/h2-8H,1H3. The Kier molecular flexibility index (Phi) is 4.16. The Hall–Kier alpha value is -2.26. The van der Waals surface area contributed by atoms with E-state index < -0.39 is 21.9 Å². The van der Waals surface area contributed by atoms with E-state index in [0.29, 0.717) is 11.3 Å². The van der Waals surface area contributed by atoms with E-state index in [-0.39, 0.29) is 16.4 Å². The van der Waals surface area contributed by atoms with Crippen molar-refractivity contribution < 1.29 is 25.8 Å². The zero-order chi connectivity index (χ0) is 18.4. The van der Waals surface area contributed by atoms with Crippen molar-refractivity contribution in [2.24, 2.45) is 0 Å². The van der Waals surface area contributed by atoms with Crippen molar-refractivity contribution in [2.45, 2.75) is 6.18 Å². The molecule has 3 aromatic rings. The van der Waals surface area contributed by atoms with Crippen molar-refractivity contribution >= 4 is 27.4 Å². The van der Waals surface area contributed by atoms with Crippen molar-refractivity contribution in [3.63, 3.8) is 0 Å². The van der Waals surface area contributed by atoms with Crippen molar-refractivity contribution in [1.29, 1.82) is 0 Å². The molecule has 0 fully saturated rings. The smallest absolute Gasteiger partial charge is 0.383 e. The largest absolute Gasteiger partial charge is 0.417 e. The first-order valence-electron chi connectivity index (χ1n) is 6.78. The van der Waals surface area contributed by atoms with E-state index in [4.69, 9.17) is 15.8 Å². The summed E-state index contributed by atoms with van der Waals surface area (Å²) in [4.78, 5) is 4.20. The summed E-state index contributed by atoms with van der Waals surface area (Å²) in [6.45, 7) is 0. The molecule has 25 heavy (non-hydrogen) atoms. The summed E-state index contributed by atoms with van der Waals surface area (Å²) in [5.41, 5.74) is 0.0388. The normalized spacial score (nSPS) is 12.5. The third kappa shape index (κ3) is 3.88. The van der Waals surface area contributed by atoms with Gasteiger partial charge in [0.2, 0.25) is 0 Å². The molecular formula is C15H10ClF3N2O3S.